The molecule has 1 aliphatic heterocycles. The lowest BCUT2D eigenvalue weighted by molar-refractivity contribution is -0.120. The summed E-state index contributed by atoms with van der Waals surface area (Å²) in [5.74, 6) is 0.912. The topological polar surface area (TPSA) is 72.3 Å². The molecule has 0 atom stereocenters. The largest absolute Gasteiger partial charge is 0.481 e. The molecule has 0 unspecified atom stereocenters. The van der Waals surface area contributed by atoms with Gasteiger partial charge < -0.3 is 15.0 Å². The van der Waals surface area contributed by atoms with Crippen molar-refractivity contribution in [1.82, 2.24) is 14.8 Å². The lowest BCUT2D eigenvalue weighted by atomic mass is 10.2. The van der Waals surface area contributed by atoms with Crippen molar-refractivity contribution in [3.8, 4) is 5.75 Å². The number of nitrogens with zero attached hydrogens (tertiary/aromatic N) is 4. The number of likely N-dealkylation sites (N-methyl/N-ethyl adjacent to an activating group) is 1. The molecule has 0 saturated heterocycles. The molecule has 0 saturated carbocycles. The molecule has 0 spiro atoms. The van der Waals surface area contributed by atoms with Gasteiger partial charge in [0.25, 0.3) is 5.91 Å². The third kappa shape index (κ3) is 3.22. The normalized spacial score (nSPS) is 13.3. The average Bonchev–Trinajstić information content (AvgIpc) is 3.15. The third-order valence-corrected chi connectivity index (χ3v) is 5.12. The summed E-state index contributed by atoms with van der Waals surface area (Å²) < 4.78 is 21.3. The van der Waals surface area contributed by atoms with E-state index in [4.69, 9.17) is 4.74 Å². The number of ether oxygens (including phenoxy) is 1. The Morgan fingerprint density at radius 1 is 1.17 bits per heavy atom. The van der Waals surface area contributed by atoms with Crippen molar-refractivity contribution in [3.05, 3.63) is 72.3 Å². The summed E-state index contributed by atoms with van der Waals surface area (Å²) in [6.45, 7) is 0.346. The number of carbonyl (C=O) groups is 1. The molecule has 3 heterocycles. The van der Waals surface area contributed by atoms with Gasteiger partial charge in [0.2, 0.25) is 0 Å². The molecule has 0 aliphatic carbocycles. The maximum atomic E-state index is 14.0. The first-order chi connectivity index (χ1) is 14.6. The van der Waals surface area contributed by atoms with Gasteiger partial charge in [-0.2, -0.15) is 5.10 Å². The van der Waals surface area contributed by atoms with Crippen molar-refractivity contribution in [2.45, 2.75) is 6.54 Å². The zero-order valence-electron chi connectivity index (χ0n) is 16.2. The first-order valence-corrected chi connectivity index (χ1v) is 9.44. The molecule has 1 N–H and O–H groups in total. The molecule has 8 heteroatoms. The number of nitrogens with one attached hydrogen (secondary N) is 1. The molecular formula is C22H18FN5O2. The number of halogens is 1. The third-order valence-electron chi connectivity index (χ3n) is 5.12. The molecule has 0 fully saturated rings. The molecule has 150 valence electrons. The van der Waals surface area contributed by atoms with E-state index in [9.17, 15) is 9.18 Å². The van der Waals surface area contributed by atoms with Gasteiger partial charge >= 0.3 is 0 Å². The Kier molecular flexibility index (Phi) is 4.31. The molecule has 0 radical (unpaired) electrons. The minimum Gasteiger partial charge on any atom is -0.481 e. The number of anilines is 3. The molecular weight excluding hydrogens is 385 g/mol. The number of pyridine rings is 1. The molecule has 7 nitrogen and oxygen atoms in total. The molecule has 2 aromatic heterocycles. The molecule has 1 aliphatic rings. The van der Waals surface area contributed by atoms with Crippen LogP contribution in [0.15, 0.2) is 60.9 Å². The molecule has 2 aromatic carbocycles. The predicted octanol–water partition coefficient (Wildman–Crippen LogP) is 3.72. The van der Waals surface area contributed by atoms with Gasteiger partial charge in [0.15, 0.2) is 6.61 Å². The van der Waals surface area contributed by atoms with Crippen LogP contribution in [0.3, 0.4) is 0 Å². The quantitative estimate of drug-likeness (QED) is 0.562. The Balaban J connectivity index is 1.43. The predicted molar refractivity (Wildman–Crippen MR) is 112 cm³/mol. The summed E-state index contributed by atoms with van der Waals surface area (Å²) >= 11 is 0. The van der Waals surface area contributed by atoms with Gasteiger partial charge in [-0.15, -0.1) is 0 Å². The van der Waals surface area contributed by atoms with E-state index in [-0.39, 0.29) is 18.3 Å². The van der Waals surface area contributed by atoms with E-state index in [1.165, 1.54) is 6.07 Å². The summed E-state index contributed by atoms with van der Waals surface area (Å²) in [5.41, 5.74) is 2.92. The second-order valence-electron chi connectivity index (χ2n) is 7.07. The second kappa shape index (κ2) is 7.14. The van der Waals surface area contributed by atoms with Gasteiger partial charge in [-0.3, -0.25) is 9.48 Å². The molecule has 0 bridgehead atoms. The van der Waals surface area contributed by atoms with Crippen LogP contribution in [-0.4, -0.2) is 34.3 Å². The van der Waals surface area contributed by atoms with Crippen molar-refractivity contribution in [1.29, 1.82) is 0 Å². The van der Waals surface area contributed by atoms with Crippen LogP contribution in [0.2, 0.25) is 0 Å². The van der Waals surface area contributed by atoms with E-state index in [1.54, 1.807) is 41.2 Å². The standard InChI is InChI=1S/C22H18FN5O2/c1-27-18-7-6-16(8-20(18)30-13-22(27)29)26-21-9-19-15(10-24-21)11-25-28(19)12-14-4-2-3-5-17(14)23/h2-11H,12-13H2,1H3,(H,24,26). The average molecular weight is 403 g/mol. The van der Waals surface area contributed by atoms with Crippen LogP contribution in [0.25, 0.3) is 10.9 Å². The van der Waals surface area contributed by atoms with Crippen LogP contribution in [0.1, 0.15) is 5.56 Å². The number of benzene rings is 2. The Morgan fingerprint density at radius 3 is 2.90 bits per heavy atom. The highest BCUT2D eigenvalue weighted by atomic mass is 19.1. The molecule has 1 amide bonds. The van der Waals surface area contributed by atoms with Crippen molar-refractivity contribution in [2.75, 3.05) is 23.9 Å². The minimum absolute atomic E-state index is 0.0202. The van der Waals surface area contributed by atoms with Crippen molar-refractivity contribution >= 4 is 34.0 Å². The highest BCUT2D eigenvalue weighted by Gasteiger charge is 2.22. The maximum Gasteiger partial charge on any atom is 0.264 e. The van der Waals surface area contributed by atoms with Crippen LogP contribution in [-0.2, 0) is 11.3 Å². The lowest BCUT2D eigenvalue weighted by Crippen LogP contribution is -2.35. The van der Waals surface area contributed by atoms with E-state index in [1.807, 2.05) is 30.3 Å². The van der Waals surface area contributed by atoms with Crippen molar-refractivity contribution in [2.24, 2.45) is 0 Å². The Hall–Kier alpha value is -3.94. The Bertz CT molecular complexity index is 1270. The molecule has 30 heavy (non-hydrogen) atoms. The fourth-order valence-electron chi connectivity index (χ4n) is 3.46. The summed E-state index contributed by atoms with van der Waals surface area (Å²) in [7, 11) is 1.73. The number of fused-ring (bicyclic) bond motifs is 2. The van der Waals surface area contributed by atoms with Crippen molar-refractivity contribution < 1.29 is 13.9 Å². The fraction of sp³-hybridized carbons (Fsp3) is 0.136. The molecule has 4 aromatic rings. The van der Waals surface area contributed by atoms with Gasteiger partial charge in [0.1, 0.15) is 17.4 Å². The number of rotatable bonds is 4. The monoisotopic (exact) mass is 403 g/mol. The van der Waals surface area contributed by atoms with E-state index < -0.39 is 0 Å². The minimum atomic E-state index is -0.258. The van der Waals surface area contributed by atoms with Crippen LogP contribution in [0.5, 0.6) is 5.75 Å². The molecule has 5 rings (SSSR count). The second-order valence-corrected chi connectivity index (χ2v) is 7.07. The summed E-state index contributed by atoms with van der Waals surface area (Å²) in [6.07, 6.45) is 3.44. The van der Waals surface area contributed by atoms with E-state index in [0.717, 1.165) is 22.3 Å². The van der Waals surface area contributed by atoms with E-state index in [2.05, 4.69) is 15.4 Å². The van der Waals surface area contributed by atoms with E-state index in [0.29, 0.717) is 23.7 Å². The van der Waals surface area contributed by atoms with Gasteiger partial charge in [0.05, 0.1) is 23.9 Å². The summed E-state index contributed by atoms with van der Waals surface area (Å²) in [5, 5.41) is 8.50. The number of hydrogen-bond acceptors (Lipinski definition) is 5. The lowest BCUT2D eigenvalue weighted by Gasteiger charge is -2.26. The Labute approximate surface area is 171 Å². The van der Waals surface area contributed by atoms with Crippen LogP contribution in [0, 0.1) is 5.82 Å². The van der Waals surface area contributed by atoms with Crippen LogP contribution >= 0.6 is 0 Å². The highest BCUT2D eigenvalue weighted by molar-refractivity contribution is 5.97. The van der Waals surface area contributed by atoms with E-state index >= 15 is 0 Å². The fourth-order valence-corrected chi connectivity index (χ4v) is 3.46. The summed E-state index contributed by atoms with van der Waals surface area (Å²) in [6, 6.07) is 14.1. The van der Waals surface area contributed by atoms with Crippen LogP contribution < -0.4 is 15.0 Å². The number of carbonyl (C=O) groups excluding carboxylic acids is 1. The van der Waals surface area contributed by atoms with Crippen LogP contribution in [0.4, 0.5) is 21.6 Å². The van der Waals surface area contributed by atoms with Crippen molar-refractivity contribution in [3.63, 3.8) is 0 Å². The zero-order valence-corrected chi connectivity index (χ0v) is 16.2. The number of aromatic nitrogens is 3. The first-order valence-electron chi connectivity index (χ1n) is 9.44. The SMILES string of the molecule is CN1C(=O)COc2cc(Nc3cc4c(cn3)cnn4Cc3ccccc3F)ccc21. The summed E-state index contributed by atoms with van der Waals surface area (Å²) in [4.78, 5) is 17.8. The zero-order chi connectivity index (χ0) is 20.7. The first kappa shape index (κ1) is 18.1. The smallest absolute Gasteiger partial charge is 0.264 e. The highest BCUT2D eigenvalue weighted by Crippen LogP contribution is 2.34. The number of hydrogen-bond donors (Lipinski definition) is 1. The van der Waals surface area contributed by atoms with Gasteiger partial charge in [-0.25, -0.2) is 9.37 Å². The van der Waals surface area contributed by atoms with Gasteiger partial charge in [-0.1, -0.05) is 18.2 Å². The number of amides is 1. The van der Waals surface area contributed by atoms with Gasteiger partial charge in [-0.05, 0) is 18.2 Å². The van der Waals surface area contributed by atoms with Gasteiger partial charge in [0, 0.05) is 42.0 Å². The maximum absolute atomic E-state index is 14.0. The Morgan fingerprint density at radius 2 is 2.03 bits per heavy atom.